The third-order valence-electron chi connectivity index (χ3n) is 2.72. The van der Waals surface area contributed by atoms with E-state index < -0.39 is 5.60 Å². The summed E-state index contributed by atoms with van der Waals surface area (Å²) in [6.45, 7) is 4.05. The predicted molar refractivity (Wildman–Crippen MR) is 67.2 cm³/mol. The lowest BCUT2D eigenvalue weighted by Gasteiger charge is -2.25. The van der Waals surface area contributed by atoms with Crippen LogP contribution in [0, 0.1) is 0 Å². The second kappa shape index (κ2) is 5.66. The minimum absolute atomic E-state index is 0.222. The maximum absolute atomic E-state index is 11.7. The van der Waals surface area contributed by atoms with Crippen LogP contribution in [0.3, 0.4) is 0 Å². The van der Waals surface area contributed by atoms with Gasteiger partial charge in [-0.05, 0) is 24.3 Å². The van der Waals surface area contributed by atoms with Crippen LogP contribution >= 0.6 is 22.9 Å². The quantitative estimate of drug-likeness (QED) is 0.856. The average molecular weight is 262 g/mol. The smallest absolute Gasteiger partial charge is 0.262 e. The molecule has 0 saturated carbocycles. The Morgan fingerprint density at radius 2 is 2.19 bits per heavy atom. The normalized spacial score (nSPS) is 11.5. The van der Waals surface area contributed by atoms with E-state index in [4.69, 9.17) is 11.6 Å². The van der Waals surface area contributed by atoms with Gasteiger partial charge in [-0.1, -0.05) is 25.4 Å². The van der Waals surface area contributed by atoms with Crippen LogP contribution in [0.2, 0.25) is 5.02 Å². The third-order valence-corrected chi connectivity index (χ3v) is 4.06. The van der Waals surface area contributed by atoms with Crippen LogP contribution in [0.1, 0.15) is 36.4 Å². The molecule has 0 bridgehead atoms. The molecule has 1 aromatic heterocycles. The summed E-state index contributed by atoms with van der Waals surface area (Å²) in [6.07, 6.45) is 1.23. The molecule has 0 aliphatic heterocycles. The summed E-state index contributed by atoms with van der Waals surface area (Å²) in [6, 6.07) is 1.69. The van der Waals surface area contributed by atoms with Crippen molar-refractivity contribution in [1.29, 1.82) is 0 Å². The topological polar surface area (TPSA) is 49.3 Å². The van der Waals surface area contributed by atoms with Gasteiger partial charge in [-0.3, -0.25) is 4.79 Å². The van der Waals surface area contributed by atoms with Gasteiger partial charge < -0.3 is 10.4 Å². The fraction of sp³-hybridized carbons (Fsp3) is 0.545. The molecule has 0 atom stereocenters. The number of rotatable bonds is 5. The molecular weight excluding hydrogens is 246 g/mol. The van der Waals surface area contributed by atoms with E-state index in [0.29, 0.717) is 22.7 Å². The van der Waals surface area contributed by atoms with Crippen molar-refractivity contribution in [2.45, 2.75) is 32.3 Å². The summed E-state index contributed by atoms with van der Waals surface area (Å²) in [7, 11) is 0. The van der Waals surface area contributed by atoms with Crippen molar-refractivity contribution in [3.8, 4) is 0 Å². The minimum Gasteiger partial charge on any atom is -0.388 e. The van der Waals surface area contributed by atoms with Gasteiger partial charge in [-0.25, -0.2) is 0 Å². The summed E-state index contributed by atoms with van der Waals surface area (Å²) in [5.74, 6) is -0.222. The average Bonchev–Trinajstić information content (AvgIpc) is 2.72. The summed E-state index contributed by atoms with van der Waals surface area (Å²) in [4.78, 5) is 12.2. The van der Waals surface area contributed by atoms with Gasteiger partial charge in [0.05, 0.1) is 10.6 Å². The molecule has 0 unspecified atom stereocenters. The van der Waals surface area contributed by atoms with Crippen LogP contribution in [0.25, 0.3) is 0 Å². The lowest BCUT2D eigenvalue weighted by Crippen LogP contribution is -2.41. The number of thiophene rings is 1. The fourth-order valence-electron chi connectivity index (χ4n) is 1.28. The number of aliphatic hydroxyl groups is 1. The Kier molecular flexibility index (Phi) is 4.77. The Morgan fingerprint density at radius 3 is 2.62 bits per heavy atom. The molecule has 90 valence electrons. The Balaban J connectivity index is 2.57. The van der Waals surface area contributed by atoms with Gasteiger partial charge in [-0.15, -0.1) is 11.3 Å². The van der Waals surface area contributed by atoms with Gasteiger partial charge in [0, 0.05) is 6.54 Å². The maximum Gasteiger partial charge on any atom is 0.262 e. The van der Waals surface area contributed by atoms with Gasteiger partial charge in [0.2, 0.25) is 0 Å². The van der Waals surface area contributed by atoms with Crippen LogP contribution in [-0.2, 0) is 0 Å². The SMILES string of the molecule is CCC(O)(CC)CNC(=O)c1sccc1Cl. The van der Waals surface area contributed by atoms with Gasteiger partial charge in [-0.2, -0.15) is 0 Å². The van der Waals surface area contributed by atoms with Crippen LogP contribution in [-0.4, -0.2) is 23.2 Å². The van der Waals surface area contributed by atoms with E-state index in [1.54, 1.807) is 11.4 Å². The molecular formula is C11H16ClNO2S. The van der Waals surface area contributed by atoms with Crippen LogP contribution < -0.4 is 5.32 Å². The van der Waals surface area contributed by atoms with Gasteiger partial charge >= 0.3 is 0 Å². The largest absolute Gasteiger partial charge is 0.388 e. The highest BCUT2D eigenvalue weighted by Crippen LogP contribution is 2.22. The van der Waals surface area contributed by atoms with E-state index in [0.717, 1.165) is 0 Å². The predicted octanol–water partition coefficient (Wildman–Crippen LogP) is 2.68. The maximum atomic E-state index is 11.7. The number of hydrogen-bond donors (Lipinski definition) is 2. The molecule has 0 fully saturated rings. The first-order valence-corrected chi connectivity index (χ1v) is 6.51. The Morgan fingerprint density at radius 1 is 1.56 bits per heavy atom. The van der Waals surface area contributed by atoms with E-state index in [-0.39, 0.29) is 12.5 Å². The van der Waals surface area contributed by atoms with E-state index >= 15 is 0 Å². The number of carbonyl (C=O) groups excluding carboxylic acids is 1. The van der Waals surface area contributed by atoms with Crippen LogP contribution in [0.4, 0.5) is 0 Å². The van der Waals surface area contributed by atoms with Crippen molar-refractivity contribution in [2.75, 3.05) is 6.54 Å². The molecule has 1 aromatic rings. The number of halogens is 1. The molecule has 1 amide bonds. The molecule has 2 N–H and O–H groups in total. The van der Waals surface area contributed by atoms with Gasteiger partial charge in [0.25, 0.3) is 5.91 Å². The van der Waals surface area contributed by atoms with E-state index in [1.807, 2.05) is 13.8 Å². The van der Waals surface area contributed by atoms with Gasteiger partial charge in [0.1, 0.15) is 4.88 Å². The Hall–Kier alpha value is -0.580. The van der Waals surface area contributed by atoms with E-state index in [9.17, 15) is 9.90 Å². The number of amides is 1. The zero-order chi connectivity index (χ0) is 12.2. The fourth-order valence-corrected chi connectivity index (χ4v) is 2.34. The lowest BCUT2D eigenvalue weighted by atomic mass is 9.98. The highest BCUT2D eigenvalue weighted by Gasteiger charge is 2.23. The second-order valence-electron chi connectivity index (χ2n) is 3.71. The molecule has 0 radical (unpaired) electrons. The Labute approximate surface area is 104 Å². The summed E-state index contributed by atoms with van der Waals surface area (Å²) >= 11 is 7.14. The molecule has 0 aromatic carbocycles. The van der Waals surface area contributed by atoms with E-state index in [1.165, 1.54) is 11.3 Å². The molecule has 0 aliphatic rings. The first-order chi connectivity index (χ1) is 7.52. The number of hydrogen-bond acceptors (Lipinski definition) is 3. The number of carbonyl (C=O) groups is 1. The first-order valence-electron chi connectivity index (χ1n) is 5.26. The molecule has 1 rings (SSSR count). The molecule has 0 saturated heterocycles. The van der Waals surface area contributed by atoms with Crippen molar-refractivity contribution in [3.05, 3.63) is 21.3 Å². The summed E-state index contributed by atoms with van der Waals surface area (Å²) in [5.41, 5.74) is -0.820. The van der Waals surface area contributed by atoms with Gasteiger partial charge in [0.15, 0.2) is 0 Å². The summed E-state index contributed by atoms with van der Waals surface area (Å²) in [5, 5.41) is 14.9. The van der Waals surface area contributed by atoms with Crippen molar-refractivity contribution in [2.24, 2.45) is 0 Å². The van der Waals surface area contributed by atoms with Crippen LogP contribution in [0.15, 0.2) is 11.4 Å². The molecule has 0 spiro atoms. The third kappa shape index (κ3) is 3.20. The minimum atomic E-state index is -0.820. The van der Waals surface area contributed by atoms with Crippen LogP contribution in [0.5, 0.6) is 0 Å². The zero-order valence-corrected chi connectivity index (χ0v) is 11.0. The molecule has 1 heterocycles. The standard InChI is InChI=1S/C11H16ClNO2S/c1-3-11(15,4-2)7-13-10(14)9-8(12)5-6-16-9/h5-6,15H,3-4,7H2,1-2H3,(H,13,14). The highest BCUT2D eigenvalue weighted by atomic mass is 35.5. The zero-order valence-electron chi connectivity index (χ0n) is 9.42. The van der Waals surface area contributed by atoms with Crippen molar-refractivity contribution < 1.29 is 9.90 Å². The number of nitrogens with one attached hydrogen (secondary N) is 1. The van der Waals surface area contributed by atoms with E-state index in [2.05, 4.69) is 5.32 Å². The molecule has 5 heteroatoms. The second-order valence-corrected chi connectivity index (χ2v) is 5.04. The Bertz CT molecular complexity index is 361. The van der Waals surface area contributed by atoms with Crippen molar-refractivity contribution in [1.82, 2.24) is 5.32 Å². The summed E-state index contributed by atoms with van der Waals surface area (Å²) < 4.78 is 0. The molecule has 16 heavy (non-hydrogen) atoms. The monoisotopic (exact) mass is 261 g/mol. The molecule has 3 nitrogen and oxygen atoms in total. The highest BCUT2D eigenvalue weighted by molar-refractivity contribution is 7.12. The lowest BCUT2D eigenvalue weighted by molar-refractivity contribution is 0.0314. The molecule has 0 aliphatic carbocycles. The van der Waals surface area contributed by atoms with Crippen molar-refractivity contribution >= 4 is 28.8 Å². The van der Waals surface area contributed by atoms with Crippen molar-refractivity contribution in [3.63, 3.8) is 0 Å². The first kappa shape index (κ1) is 13.5.